The summed E-state index contributed by atoms with van der Waals surface area (Å²) in [4.78, 5) is 4.42. The van der Waals surface area contributed by atoms with Crippen molar-refractivity contribution in [1.82, 2.24) is 9.36 Å². The quantitative estimate of drug-likeness (QED) is 0.781. The molecule has 1 aliphatic carbocycles. The number of aliphatic hydroxyl groups is 1. The molecule has 1 saturated carbocycles. The van der Waals surface area contributed by atoms with Gasteiger partial charge in [-0.2, -0.15) is 4.37 Å². The molecule has 2 rings (SSSR count). The molecule has 13 heavy (non-hydrogen) atoms. The second-order valence-corrected chi connectivity index (χ2v) is 5.74. The van der Waals surface area contributed by atoms with Crippen molar-refractivity contribution in [2.45, 2.75) is 35.3 Å². The standard InChI is InChI=1S/C8H12N2OS2/c1-5(4-11)12-8-9-7(10-13-8)6-2-3-6/h5-6,11H,2-4H2,1H3. The van der Waals surface area contributed by atoms with E-state index in [0.29, 0.717) is 5.92 Å². The largest absolute Gasteiger partial charge is 0.395 e. The van der Waals surface area contributed by atoms with Crippen LogP contribution in [0.25, 0.3) is 0 Å². The molecular weight excluding hydrogens is 204 g/mol. The Morgan fingerprint density at radius 2 is 2.46 bits per heavy atom. The van der Waals surface area contributed by atoms with Gasteiger partial charge >= 0.3 is 0 Å². The second-order valence-electron chi connectivity index (χ2n) is 3.30. The lowest BCUT2D eigenvalue weighted by Crippen LogP contribution is -2.00. The Bertz CT molecular complexity index is 285. The molecule has 3 nitrogen and oxygen atoms in total. The summed E-state index contributed by atoms with van der Waals surface area (Å²) in [6.07, 6.45) is 2.49. The summed E-state index contributed by atoms with van der Waals surface area (Å²) in [5.74, 6) is 1.65. The van der Waals surface area contributed by atoms with Crippen LogP contribution < -0.4 is 0 Å². The molecule has 0 aliphatic heterocycles. The van der Waals surface area contributed by atoms with Gasteiger partial charge in [0, 0.05) is 11.2 Å². The van der Waals surface area contributed by atoms with E-state index in [1.807, 2.05) is 6.92 Å². The van der Waals surface area contributed by atoms with Crippen LogP contribution in [0.5, 0.6) is 0 Å². The molecule has 0 radical (unpaired) electrons. The lowest BCUT2D eigenvalue weighted by molar-refractivity contribution is 0.300. The van der Waals surface area contributed by atoms with Crippen LogP contribution >= 0.6 is 23.3 Å². The van der Waals surface area contributed by atoms with Crippen LogP contribution in [0, 0.1) is 0 Å². The van der Waals surface area contributed by atoms with Crippen molar-refractivity contribution >= 4 is 23.3 Å². The third kappa shape index (κ3) is 2.42. The van der Waals surface area contributed by atoms with Crippen LogP contribution in [0.2, 0.25) is 0 Å². The highest BCUT2D eigenvalue weighted by atomic mass is 32.2. The van der Waals surface area contributed by atoms with E-state index >= 15 is 0 Å². The third-order valence-electron chi connectivity index (χ3n) is 1.92. The van der Waals surface area contributed by atoms with Crippen molar-refractivity contribution in [2.24, 2.45) is 0 Å². The van der Waals surface area contributed by atoms with Crippen LogP contribution in [-0.2, 0) is 0 Å². The molecule has 0 spiro atoms. The summed E-state index contributed by atoms with van der Waals surface area (Å²) < 4.78 is 5.28. The molecule has 1 aromatic rings. The SMILES string of the molecule is CC(CO)Sc1nc(C2CC2)ns1. The highest BCUT2D eigenvalue weighted by Crippen LogP contribution is 2.40. The van der Waals surface area contributed by atoms with Gasteiger partial charge < -0.3 is 5.11 Å². The maximum Gasteiger partial charge on any atom is 0.170 e. The molecule has 0 bridgehead atoms. The summed E-state index contributed by atoms with van der Waals surface area (Å²) in [6, 6.07) is 0. The minimum Gasteiger partial charge on any atom is -0.395 e. The summed E-state index contributed by atoms with van der Waals surface area (Å²) in [5.41, 5.74) is 0. The maximum atomic E-state index is 8.86. The Hall–Kier alpha value is -0.130. The first-order valence-corrected chi connectivity index (χ1v) is 6.06. The molecule has 0 saturated heterocycles. The van der Waals surface area contributed by atoms with Crippen molar-refractivity contribution in [2.75, 3.05) is 6.61 Å². The van der Waals surface area contributed by atoms with Gasteiger partial charge in [0.05, 0.1) is 6.61 Å². The second kappa shape index (κ2) is 3.94. The number of aromatic nitrogens is 2. The molecule has 0 aromatic carbocycles. The van der Waals surface area contributed by atoms with Crippen molar-refractivity contribution in [3.05, 3.63) is 5.82 Å². The first-order valence-electron chi connectivity index (χ1n) is 4.40. The Morgan fingerprint density at radius 1 is 1.69 bits per heavy atom. The average molecular weight is 216 g/mol. The van der Waals surface area contributed by atoms with Gasteiger partial charge in [-0.15, -0.1) is 0 Å². The Kier molecular flexibility index (Phi) is 2.86. The third-order valence-corrected chi connectivity index (χ3v) is 3.81. The van der Waals surface area contributed by atoms with E-state index in [0.717, 1.165) is 10.2 Å². The predicted octanol–water partition coefficient (Wildman–Crippen LogP) is 1.89. The first-order chi connectivity index (χ1) is 6.29. The van der Waals surface area contributed by atoms with Gasteiger partial charge in [-0.05, 0) is 24.4 Å². The van der Waals surface area contributed by atoms with E-state index in [9.17, 15) is 0 Å². The van der Waals surface area contributed by atoms with Gasteiger partial charge in [-0.25, -0.2) is 4.98 Å². The number of aliphatic hydroxyl groups excluding tert-OH is 1. The van der Waals surface area contributed by atoms with Gasteiger partial charge in [0.25, 0.3) is 0 Å². The van der Waals surface area contributed by atoms with Crippen LogP contribution in [0.15, 0.2) is 4.34 Å². The maximum absolute atomic E-state index is 8.86. The van der Waals surface area contributed by atoms with E-state index in [4.69, 9.17) is 5.11 Å². The molecule has 1 atom stereocenters. The molecule has 1 heterocycles. The molecule has 0 amide bonds. The monoisotopic (exact) mass is 216 g/mol. The molecule has 1 N–H and O–H groups in total. The fourth-order valence-electron chi connectivity index (χ4n) is 0.985. The van der Waals surface area contributed by atoms with E-state index < -0.39 is 0 Å². The minimum absolute atomic E-state index is 0.197. The average Bonchev–Trinajstić information content (AvgIpc) is 2.88. The van der Waals surface area contributed by atoms with E-state index in [1.165, 1.54) is 24.4 Å². The fraction of sp³-hybridized carbons (Fsp3) is 0.750. The highest BCUT2D eigenvalue weighted by Gasteiger charge is 2.27. The van der Waals surface area contributed by atoms with Crippen molar-refractivity contribution in [1.29, 1.82) is 0 Å². The molecule has 1 aromatic heterocycles. The van der Waals surface area contributed by atoms with Gasteiger partial charge in [0.1, 0.15) is 5.82 Å². The molecule has 5 heteroatoms. The lowest BCUT2D eigenvalue weighted by Gasteiger charge is -2.01. The Morgan fingerprint density at radius 3 is 3.08 bits per heavy atom. The van der Waals surface area contributed by atoms with Gasteiger partial charge in [-0.1, -0.05) is 18.7 Å². The van der Waals surface area contributed by atoms with Crippen LogP contribution in [0.3, 0.4) is 0 Å². The lowest BCUT2D eigenvalue weighted by atomic mass is 10.4. The zero-order chi connectivity index (χ0) is 9.26. The van der Waals surface area contributed by atoms with Gasteiger partial charge in [-0.3, -0.25) is 0 Å². The van der Waals surface area contributed by atoms with Crippen molar-refractivity contribution < 1.29 is 5.11 Å². The minimum atomic E-state index is 0.197. The van der Waals surface area contributed by atoms with Crippen LogP contribution in [0.1, 0.15) is 31.5 Å². The van der Waals surface area contributed by atoms with Gasteiger partial charge in [0.15, 0.2) is 4.34 Å². The first kappa shape index (κ1) is 9.43. The Balaban J connectivity index is 1.96. The van der Waals surface area contributed by atoms with Crippen molar-refractivity contribution in [3.63, 3.8) is 0 Å². The normalized spacial score (nSPS) is 18.9. The van der Waals surface area contributed by atoms with Gasteiger partial charge in [0.2, 0.25) is 0 Å². The summed E-state index contributed by atoms with van der Waals surface area (Å²) >= 11 is 3.06. The summed E-state index contributed by atoms with van der Waals surface area (Å²) in [6.45, 7) is 2.19. The number of hydrogen-bond donors (Lipinski definition) is 1. The molecular formula is C8H12N2OS2. The van der Waals surface area contributed by atoms with E-state index in [1.54, 1.807) is 11.8 Å². The highest BCUT2D eigenvalue weighted by molar-refractivity contribution is 8.01. The topological polar surface area (TPSA) is 46.0 Å². The smallest absolute Gasteiger partial charge is 0.170 e. The van der Waals surface area contributed by atoms with Crippen LogP contribution in [-0.4, -0.2) is 26.3 Å². The molecule has 1 fully saturated rings. The summed E-state index contributed by atoms with van der Waals surface area (Å²) in [7, 11) is 0. The zero-order valence-electron chi connectivity index (χ0n) is 7.43. The number of nitrogens with zero attached hydrogens (tertiary/aromatic N) is 2. The molecule has 1 unspecified atom stereocenters. The molecule has 72 valence electrons. The Labute approximate surface area is 85.8 Å². The zero-order valence-corrected chi connectivity index (χ0v) is 9.07. The predicted molar refractivity (Wildman–Crippen MR) is 54.3 cm³/mol. The van der Waals surface area contributed by atoms with E-state index in [2.05, 4.69) is 9.36 Å². The molecule has 1 aliphatic rings. The number of rotatable bonds is 4. The summed E-state index contributed by atoms with van der Waals surface area (Å²) in [5, 5.41) is 9.08. The van der Waals surface area contributed by atoms with E-state index in [-0.39, 0.29) is 11.9 Å². The number of hydrogen-bond acceptors (Lipinski definition) is 5. The van der Waals surface area contributed by atoms with Crippen LogP contribution in [0.4, 0.5) is 0 Å². The fourth-order valence-corrected chi connectivity index (χ4v) is 2.82. The number of thioether (sulfide) groups is 1. The van der Waals surface area contributed by atoms with Crippen molar-refractivity contribution in [3.8, 4) is 0 Å².